The van der Waals surface area contributed by atoms with Crippen molar-refractivity contribution >= 4 is 5.91 Å². The minimum Gasteiger partial charge on any atom is -0.378 e. The zero-order valence-electron chi connectivity index (χ0n) is 15.7. The second-order valence-corrected chi connectivity index (χ2v) is 8.02. The lowest BCUT2D eigenvalue weighted by molar-refractivity contribution is 0.0299. The number of ether oxygens (including phenoxy) is 1. The van der Waals surface area contributed by atoms with E-state index < -0.39 is 0 Å². The quantitative estimate of drug-likeness (QED) is 0.820. The van der Waals surface area contributed by atoms with E-state index in [1.807, 2.05) is 15.8 Å². The fraction of sp³-hybridized carbons (Fsp3) is 0.842. The van der Waals surface area contributed by atoms with E-state index in [1.54, 1.807) is 0 Å². The molecule has 1 aliphatic carbocycles. The van der Waals surface area contributed by atoms with Crippen molar-refractivity contribution in [2.24, 2.45) is 5.92 Å². The van der Waals surface area contributed by atoms with Gasteiger partial charge in [-0.05, 0) is 31.6 Å². The van der Waals surface area contributed by atoms with Crippen molar-refractivity contribution in [1.29, 1.82) is 0 Å². The summed E-state index contributed by atoms with van der Waals surface area (Å²) in [5, 5.41) is 8.41. The molecule has 2 saturated heterocycles. The highest BCUT2D eigenvalue weighted by molar-refractivity contribution is 5.92. The first kappa shape index (κ1) is 17.9. The van der Waals surface area contributed by atoms with E-state index in [1.165, 1.54) is 38.6 Å². The Morgan fingerprint density at radius 1 is 1.04 bits per heavy atom. The van der Waals surface area contributed by atoms with Crippen LogP contribution >= 0.6 is 0 Å². The first-order valence-corrected chi connectivity index (χ1v) is 10.3. The maximum absolute atomic E-state index is 12.5. The molecule has 3 aliphatic rings. The molecule has 2 aliphatic heterocycles. The molecule has 3 heterocycles. The largest absolute Gasteiger partial charge is 0.378 e. The molecule has 1 aromatic rings. The van der Waals surface area contributed by atoms with Crippen molar-refractivity contribution < 1.29 is 9.53 Å². The molecule has 0 spiro atoms. The normalized spacial score (nSPS) is 24.1. The van der Waals surface area contributed by atoms with Crippen LogP contribution in [0.25, 0.3) is 0 Å². The van der Waals surface area contributed by atoms with Crippen LogP contribution < -0.4 is 0 Å². The number of piperidine rings is 1. The van der Waals surface area contributed by atoms with E-state index in [2.05, 4.69) is 15.2 Å². The van der Waals surface area contributed by atoms with E-state index in [-0.39, 0.29) is 5.91 Å². The van der Waals surface area contributed by atoms with E-state index >= 15 is 0 Å². The average Bonchev–Trinajstić information content (AvgIpc) is 3.20. The van der Waals surface area contributed by atoms with Crippen LogP contribution in [0, 0.1) is 5.92 Å². The number of rotatable bonds is 4. The van der Waals surface area contributed by atoms with Crippen LogP contribution in [0.5, 0.6) is 0 Å². The van der Waals surface area contributed by atoms with Gasteiger partial charge in [0.05, 0.1) is 25.5 Å². The van der Waals surface area contributed by atoms with Crippen LogP contribution in [0.1, 0.15) is 61.5 Å². The Morgan fingerprint density at radius 2 is 1.77 bits per heavy atom. The number of hydrogen-bond donors (Lipinski definition) is 0. The molecule has 0 bridgehead atoms. The molecule has 1 amide bonds. The Kier molecular flexibility index (Phi) is 5.84. The summed E-state index contributed by atoms with van der Waals surface area (Å²) >= 11 is 0. The number of hydrogen-bond acceptors (Lipinski definition) is 5. The van der Waals surface area contributed by atoms with Crippen molar-refractivity contribution in [2.45, 2.75) is 51.0 Å². The van der Waals surface area contributed by atoms with E-state index in [9.17, 15) is 4.79 Å². The summed E-state index contributed by atoms with van der Waals surface area (Å²) in [6.07, 6.45) is 11.1. The lowest BCUT2D eigenvalue weighted by Crippen LogP contribution is -2.40. The van der Waals surface area contributed by atoms with Crippen LogP contribution in [0.4, 0.5) is 0 Å². The number of carbonyl (C=O) groups is 1. The van der Waals surface area contributed by atoms with Crippen LogP contribution in [0.15, 0.2) is 6.20 Å². The van der Waals surface area contributed by atoms with Gasteiger partial charge in [0.15, 0.2) is 5.69 Å². The van der Waals surface area contributed by atoms with Gasteiger partial charge < -0.3 is 14.5 Å². The Bertz CT molecular complexity index is 585. The minimum atomic E-state index is -0.0192. The van der Waals surface area contributed by atoms with E-state index in [0.29, 0.717) is 38.0 Å². The SMILES string of the molecule is O=C(c1cn(C2CCN(CC3CCCCC3)CC2)nn1)N1CCOCC1. The molecule has 0 N–H and O–H groups in total. The number of carbonyl (C=O) groups excluding carboxylic acids is 1. The molecule has 0 aromatic carbocycles. The molecule has 0 atom stereocenters. The summed E-state index contributed by atoms with van der Waals surface area (Å²) in [5.41, 5.74) is 0.469. The second kappa shape index (κ2) is 8.48. The summed E-state index contributed by atoms with van der Waals surface area (Å²) in [4.78, 5) is 17.0. The summed E-state index contributed by atoms with van der Waals surface area (Å²) in [6, 6.07) is 0.372. The third-order valence-electron chi connectivity index (χ3n) is 6.20. The molecule has 7 heteroatoms. The van der Waals surface area contributed by atoms with Crippen molar-refractivity contribution in [2.75, 3.05) is 45.9 Å². The maximum atomic E-state index is 12.5. The smallest absolute Gasteiger partial charge is 0.276 e. The Balaban J connectivity index is 1.28. The lowest BCUT2D eigenvalue weighted by Gasteiger charge is -2.35. The predicted octanol–water partition coefficient (Wildman–Crippen LogP) is 1.97. The van der Waals surface area contributed by atoms with Gasteiger partial charge in [-0.2, -0.15) is 0 Å². The highest BCUT2D eigenvalue weighted by atomic mass is 16.5. The Hall–Kier alpha value is -1.47. The zero-order chi connectivity index (χ0) is 17.8. The van der Waals surface area contributed by atoms with Gasteiger partial charge in [0.1, 0.15) is 0 Å². The summed E-state index contributed by atoms with van der Waals surface area (Å²) in [6.45, 7) is 6.04. The molecular weight excluding hydrogens is 330 g/mol. The molecule has 144 valence electrons. The van der Waals surface area contributed by atoms with Gasteiger partial charge in [-0.3, -0.25) is 4.79 Å². The summed E-state index contributed by atoms with van der Waals surface area (Å²) in [5.74, 6) is 0.888. The van der Waals surface area contributed by atoms with Gasteiger partial charge in [0, 0.05) is 32.7 Å². The van der Waals surface area contributed by atoms with Crippen LogP contribution in [0.2, 0.25) is 0 Å². The van der Waals surface area contributed by atoms with Crippen LogP contribution in [0.3, 0.4) is 0 Å². The average molecular weight is 361 g/mol. The van der Waals surface area contributed by atoms with E-state index in [0.717, 1.165) is 31.8 Å². The van der Waals surface area contributed by atoms with Crippen molar-refractivity contribution in [1.82, 2.24) is 24.8 Å². The fourth-order valence-corrected chi connectivity index (χ4v) is 4.58. The van der Waals surface area contributed by atoms with Crippen molar-refractivity contribution in [3.8, 4) is 0 Å². The number of nitrogens with zero attached hydrogens (tertiary/aromatic N) is 5. The van der Waals surface area contributed by atoms with Gasteiger partial charge in [-0.15, -0.1) is 5.10 Å². The fourth-order valence-electron chi connectivity index (χ4n) is 4.58. The third-order valence-corrected chi connectivity index (χ3v) is 6.20. The van der Waals surface area contributed by atoms with E-state index in [4.69, 9.17) is 4.74 Å². The molecule has 3 fully saturated rings. The van der Waals surface area contributed by atoms with Gasteiger partial charge in [-0.25, -0.2) is 4.68 Å². The standard InChI is InChI=1S/C19H31N5O2/c25-19(23-10-12-26-13-11-23)18-15-24(21-20-18)17-6-8-22(9-7-17)14-16-4-2-1-3-5-16/h15-17H,1-14H2. The second-order valence-electron chi connectivity index (χ2n) is 8.02. The molecule has 0 radical (unpaired) electrons. The molecule has 26 heavy (non-hydrogen) atoms. The van der Waals surface area contributed by atoms with Crippen molar-refractivity contribution in [3.63, 3.8) is 0 Å². The first-order chi connectivity index (χ1) is 12.8. The Morgan fingerprint density at radius 3 is 2.50 bits per heavy atom. The number of aromatic nitrogens is 3. The molecule has 1 saturated carbocycles. The topological polar surface area (TPSA) is 63.5 Å². The van der Waals surface area contributed by atoms with Crippen molar-refractivity contribution in [3.05, 3.63) is 11.9 Å². The highest BCUT2D eigenvalue weighted by Crippen LogP contribution is 2.27. The summed E-state index contributed by atoms with van der Waals surface area (Å²) in [7, 11) is 0. The molecule has 7 nitrogen and oxygen atoms in total. The number of amides is 1. The maximum Gasteiger partial charge on any atom is 0.276 e. The highest BCUT2D eigenvalue weighted by Gasteiger charge is 2.26. The van der Waals surface area contributed by atoms with Crippen LogP contribution in [-0.2, 0) is 4.74 Å². The van der Waals surface area contributed by atoms with Gasteiger partial charge >= 0.3 is 0 Å². The minimum absolute atomic E-state index is 0.0192. The Labute approximate surface area is 155 Å². The number of likely N-dealkylation sites (tertiary alicyclic amines) is 1. The lowest BCUT2D eigenvalue weighted by atomic mass is 9.88. The van der Waals surface area contributed by atoms with Gasteiger partial charge in [-0.1, -0.05) is 24.5 Å². The molecular formula is C19H31N5O2. The van der Waals surface area contributed by atoms with Gasteiger partial charge in [0.2, 0.25) is 0 Å². The first-order valence-electron chi connectivity index (χ1n) is 10.3. The van der Waals surface area contributed by atoms with Crippen LogP contribution in [-0.4, -0.2) is 76.6 Å². The monoisotopic (exact) mass is 361 g/mol. The molecule has 0 unspecified atom stereocenters. The number of morpholine rings is 1. The van der Waals surface area contributed by atoms with Gasteiger partial charge in [0.25, 0.3) is 5.91 Å². The zero-order valence-corrected chi connectivity index (χ0v) is 15.7. The third kappa shape index (κ3) is 4.26. The summed E-state index contributed by atoms with van der Waals surface area (Å²) < 4.78 is 7.23. The molecule has 4 rings (SSSR count). The predicted molar refractivity (Wildman–Crippen MR) is 98.0 cm³/mol. The molecule has 1 aromatic heterocycles.